The van der Waals surface area contributed by atoms with Crippen molar-refractivity contribution in [2.75, 3.05) is 4.72 Å². The van der Waals surface area contributed by atoms with Crippen molar-refractivity contribution in [2.24, 2.45) is 0 Å². The average Bonchev–Trinajstić information content (AvgIpc) is 2.85. The molecule has 0 saturated carbocycles. The molecule has 0 aliphatic heterocycles. The molecular weight excluding hydrogens is 322 g/mol. The van der Waals surface area contributed by atoms with Crippen molar-refractivity contribution in [3.05, 3.63) is 29.9 Å². The number of hydrogen-bond donors (Lipinski definition) is 2. The summed E-state index contributed by atoms with van der Waals surface area (Å²) in [6.45, 7) is 0.0736. The molecule has 0 fully saturated rings. The molecule has 0 atom stereocenters. The molecule has 0 bridgehead atoms. The van der Waals surface area contributed by atoms with Crippen LogP contribution in [0, 0.1) is 0 Å². The van der Waals surface area contributed by atoms with Crippen LogP contribution in [0.1, 0.15) is 6.42 Å². The van der Waals surface area contributed by atoms with Crippen LogP contribution in [-0.2, 0) is 21.4 Å². The van der Waals surface area contributed by atoms with E-state index in [0.717, 1.165) is 6.20 Å². The number of carboxylic acid groups (broad SMARTS) is 1. The second-order valence-corrected chi connectivity index (χ2v) is 5.92. The highest BCUT2D eigenvalue weighted by molar-refractivity contribution is 7.92. The Kier molecular flexibility index (Phi) is 4.38. The van der Waals surface area contributed by atoms with Crippen LogP contribution in [0.4, 0.5) is 5.82 Å². The Balaban J connectivity index is 2.14. The fourth-order valence-corrected chi connectivity index (χ4v) is 2.50. The SMILES string of the molecule is O=C(O)CCn1cc(S(=O)(=O)Nc2ccnc(Cl)n2)cn1. The normalized spacial score (nSPS) is 11.3. The topological polar surface area (TPSA) is 127 Å². The van der Waals surface area contributed by atoms with Gasteiger partial charge in [0.25, 0.3) is 10.0 Å². The van der Waals surface area contributed by atoms with Gasteiger partial charge >= 0.3 is 5.97 Å². The number of carboxylic acids is 1. The third kappa shape index (κ3) is 4.13. The van der Waals surface area contributed by atoms with Crippen LogP contribution in [0.3, 0.4) is 0 Å². The summed E-state index contributed by atoms with van der Waals surface area (Å²) in [4.78, 5) is 17.7. The Morgan fingerprint density at radius 1 is 1.48 bits per heavy atom. The summed E-state index contributed by atoms with van der Waals surface area (Å²) in [5.74, 6) is -0.975. The second-order valence-electron chi connectivity index (χ2n) is 3.90. The van der Waals surface area contributed by atoms with Gasteiger partial charge in [-0.15, -0.1) is 0 Å². The second kappa shape index (κ2) is 6.06. The molecular formula is C10H10ClN5O4S. The first-order chi connectivity index (χ1) is 9.87. The van der Waals surface area contributed by atoms with Crippen LogP contribution in [0.25, 0.3) is 0 Å². The highest BCUT2D eigenvalue weighted by Gasteiger charge is 2.17. The first-order valence-electron chi connectivity index (χ1n) is 5.62. The number of nitrogens with one attached hydrogen (secondary N) is 1. The first kappa shape index (κ1) is 15.2. The molecule has 2 aromatic rings. The molecule has 2 rings (SSSR count). The molecule has 0 radical (unpaired) electrons. The Hall–Kier alpha value is -2.20. The molecule has 2 aromatic heterocycles. The zero-order valence-electron chi connectivity index (χ0n) is 10.5. The Labute approximate surface area is 124 Å². The van der Waals surface area contributed by atoms with E-state index in [1.54, 1.807) is 0 Å². The number of anilines is 1. The number of aromatic nitrogens is 4. The molecule has 0 unspecified atom stereocenters. The van der Waals surface area contributed by atoms with E-state index in [1.165, 1.54) is 23.1 Å². The van der Waals surface area contributed by atoms with E-state index in [0.29, 0.717) is 0 Å². The van der Waals surface area contributed by atoms with Gasteiger partial charge in [-0.3, -0.25) is 14.2 Å². The average molecular weight is 332 g/mol. The molecule has 9 nitrogen and oxygen atoms in total. The highest BCUT2D eigenvalue weighted by atomic mass is 35.5. The van der Waals surface area contributed by atoms with Gasteiger partial charge in [-0.1, -0.05) is 0 Å². The molecule has 112 valence electrons. The fourth-order valence-electron chi connectivity index (χ4n) is 1.40. The van der Waals surface area contributed by atoms with E-state index in [2.05, 4.69) is 19.8 Å². The van der Waals surface area contributed by atoms with Gasteiger partial charge < -0.3 is 5.11 Å². The van der Waals surface area contributed by atoms with E-state index in [9.17, 15) is 13.2 Å². The lowest BCUT2D eigenvalue weighted by atomic mass is 10.4. The molecule has 0 saturated heterocycles. The molecule has 0 aromatic carbocycles. The third-order valence-electron chi connectivity index (χ3n) is 2.34. The number of hydrogen-bond acceptors (Lipinski definition) is 6. The van der Waals surface area contributed by atoms with Crippen molar-refractivity contribution in [1.29, 1.82) is 0 Å². The van der Waals surface area contributed by atoms with Gasteiger partial charge in [0.1, 0.15) is 10.7 Å². The minimum atomic E-state index is -3.88. The maximum absolute atomic E-state index is 12.1. The number of aryl methyl sites for hydroxylation is 1. The van der Waals surface area contributed by atoms with Crippen molar-refractivity contribution < 1.29 is 18.3 Å². The summed E-state index contributed by atoms with van der Waals surface area (Å²) in [5.41, 5.74) is 0. The molecule has 0 aliphatic carbocycles. The standard InChI is InChI=1S/C10H10ClN5O4S/c11-10-12-3-1-8(14-10)15-21(19,20)7-5-13-16(6-7)4-2-9(17)18/h1,3,5-6H,2,4H2,(H,17,18)(H,12,14,15). The van der Waals surface area contributed by atoms with Crippen LogP contribution < -0.4 is 4.72 Å². The summed E-state index contributed by atoms with van der Waals surface area (Å²) < 4.78 is 27.6. The number of rotatable bonds is 6. The van der Waals surface area contributed by atoms with Crippen molar-refractivity contribution in [3.8, 4) is 0 Å². The van der Waals surface area contributed by atoms with E-state index in [-0.39, 0.29) is 29.0 Å². The van der Waals surface area contributed by atoms with Gasteiger partial charge in [0.15, 0.2) is 0 Å². The molecule has 0 spiro atoms. The predicted molar refractivity (Wildman–Crippen MR) is 72.3 cm³/mol. The van der Waals surface area contributed by atoms with Crippen molar-refractivity contribution in [2.45, 2.75) is 17.9 Å². The van der Waals surface area contributed by atoms with E-state index in [1.807, 2.05) is 0 Å². The molecule has 0 amide bonds. The first-order valence-corrected chi connectivity index (χ1v) is 7.48. The quantitative estimate of drug-likeness (QED) is 0.742. The lowest BCUT2D eigenvalue weighted by Crippen LogP contribution is -2.13. The van der Waals surface area contributed by atoms with Crippen LogP contribution >= 0.6 is 11.6 Å². The summed E-state index contributed by atoms with van der Waals surface area (Å²) in [5, 5.41) is 12.3. The monoisotopic (exact) mass is 331 g/mol. The summed E-state index contributed by atoms with van der Waals surface area (Å²) in [7, 11) is -3.88. The van der Waals surface area contributed by atoms with Crippen LogP contribution in [0.2, 0.25) is 5.28 Å². The maximum atomic E-state index is 12.1. The number of nitrogens with zero attached hydrogens (tertiary/aromatic N) is 4. The summed E-state index contributed by atoms with van der Waals surface area (Å²) in [6, 6.07) is 1.35. The lowest BCUT2D eigenvalue weighted by Gasteiger charge is -2.04. The van der Waals surface area contributed by atoms with Gasteiger partial charge in [0, 0.05) is 12.4 Å². The predicted octanol–water partition coefficient (Wildman–Crippen LogP) is 0.602. The smallest absolute Gasteiger partial charge is 0.305 e. The number of halogens is 1. The third-order valence-corrected chi connectivity index (χ3v) is 3.83. The van der Waals surface area contributed by atoms with E-state index >= 15 is 0 Å². The number of carbonyl (C=O) groups is 1. The van der Waals surface area contributed by atoms with Crippen LogP contribution in [0.15, 0.2) is 29.6 Å². The highest BCUT2D eigenvalue weighted by Crippen LogP contribution is 2.14. The molecule has 21 heavy (non-hydrogen) atoms. The molecule has 2 N–H and O–H groups in total. The zero-order valence-corrected chi connectivity index (χ0v) is 12.0. The van der Waals surface area contributed by atoms with Crippen molar-refractivity contribution in [1.82, 2.24) is 19.7 Å². The fraction of sp³-hybridized carbons (Fsp3) is 0.200. The van der Waals surface area contributed by atoms with E-state index < -0.39 is 16.0 Å². The maximum Gasteiger partial charge on any atom is 0.305 e. The zero-order chi connectivity index (χ0) is 15.5. The lowest BCUT2D eigenvalue weighted by molar-refractivity contribution is -0.137. The minimum absolute atomic E-state index is 0.0216. The van der Waals surface area contributed by atoms with Crippen LogP contribution in [0.5, 0.6) is 0 Å². The Bertz CT molecular complexity index is 760. The number of sulfonamides is 1. The van der Waals surface area contributed by atoms with E-state index in [4.69, 9.17) is 16.7 Å². The van der Waals surface area contributed by atoms with Gasteiger partial charge in [0.2, 0.25) is 5.28 Å². The molecule has 0 aliphatic rings. The van der Waals surface area contributed by atoms with Crippen molar-refractivity contribution >= 4 is 33.4 Å². The molecule has 11 heteroatoms. The van der Waals surface area contributed by atoms with Gasteiger partial charge in [0.05, 0.1) is 19.2 Å². The summed E-state index contributed by atoms with van der Waals surface area (Å²) >= 11 is 5.57. The summed E-state index contributed by atoms with van der Waals surface area (Å²) in [6.07, 6.45) is 3.50. The largest absolute Gasteiger partial charge is 0.481 e. The van der Waals surface area contributed by atoms with Gasteiger partial charge in [-0.25, -0.2) is 13.4 Å². The van der Waals surface area contributed by atoms with Gasteiger partial charge in [-0.05, 0) is 17.7 Å². The minimum Gasteiger partial charge on any atom is -0.481 e. The number of aliphatic carboxylic acids is 1. The van der Waals surface area contributed by atoms with Crippen LogP contribution in [-0.4, -0.2) is 39.2 Å². The van der Waals surface area contributed by atoms with Crippen molar-refractivity contribution in [3.63, 3.8) is 0 Å². The Morgan fingerprint density at radius 3 is 2.90 bits per heavy atom. The molecule has 2 heterocycles. The van der Waals surface area contributed by atoms with Gasteiger partial charge in [-0.2, -0.15) is 10.1 Å². The Morgan fingerprint density at radius 2 is 2.24 bits per heavy atom.